The SMILES string of the molecule is CS(=O)(=O)c1ncc(C(=O)N[C@@H]2CN(C(=O)c3cccn4cncc34)CC[C@H]2c2cccc(Cl)c2)s1. The standard InChI is InChI=1S/C24H22ClN5O4S2/c1-36(33,34)24-27-12-21(35-24)22(31)28-19-13-29(9-7-17(19)15-4-2-5-16(25)10-15)23(32)18-6-3-8-30-14-26-11-20(18)30/h2-6,8,10-12,14,17,19H,7,9,13H2,1H3,(H,28,31)/t17-,19+/m0/s1. The molecular weight excluding hydrogens is 522 g/mol. The molecular formula is C24H22ClN5O4S2. The zero-order valence-corrected chi connectivity index (χ0v) is 21.6. The number of thiazole rings is 1. The molecule has 4 aromatic rings. The Morgan fingerprint density at radius 2 is 2.03 bits per heavy atom. The lowest BCUT2D eigenvalue weighted by Gasteiger charge is -2.39. The molecule has 1 aliphatic rings. The van der Waals surface area contributed by atoms with Gasteiger partial charge in [0.15, 0.2) is 0 Å². The van der Waals surface area contributed by atoms with Gasteiger partial charge in [-0.05, 0) is 36.2 Å². The van der Waals surface area contributed by atoms with Crippen molar-refractivity contribution in [2.45, 2.75) is 22.7 Å². The van der Waals surface area contributed by atoms with Gasteiger partial charge in [0.05, 0.1) is 35.8 Å². The molecule has 4 heterocycles. The third-order valence-electron chi connectivity index (χ3n) is 6.20. The summed E-state index contributed by atoms with van der Waals surface area (Å²) in [5.41, 5.74) is 2.19. The molecule has 3 aromatic heterocycles. The van der Waals surface area contributed by atoms with Crippen molar-refractivity contribution in [1.29, 1.82) is 0 Å². The molecule has 1 fully saturated rings. The Kier molecular flexibility index (Phi) is 6.54. The summed E-state index contributed by atoms with van der Waals surface area (Å²) in [6.45, 7) is 0.769. The van der Waals surface area contributed by atoms with Crippen LogP contribution in [0.4, 0.5) is 0 Å². The minimum absolute atomic E-state index is 0.0928. The number of hydrogen-bond donors (Lipinski definition) is 1. The molecule has 0 saturated carbocycles. The van der Waals surface area contributed by atoms with E-state index in [-0.39, 0.29) is 27.6 Å². The molecule has 1 saturated heterocycles. The summed E-state index contributed by atoms with van der Waals surface area (Å²) in [7, 11) is -3.52. The molecule has 0 unspecified atom stereocenters. The Balaban J connectivity index is 1.43. The van der Waals surface area contributed by atoms with Crippen molar-refractivity contribution in [3.8, 4) is 0 Å². The first-order valence-corrected chi connectivity index (χ1v) is 14.2. The number of pyridine rings is 1. The van der Waals surface area contributed by atoms with E-state index in [1.807, 2.05) is 24.4 Å². The van der Waals surface area contributed by atoms with Gasteiger partial charge in [-0.2, -0.15) is 0 Å². The van der Waals surface area contributed by atoms with Crippen LogP contribution in [0.2, 0.25) is 5.02 Å². The van der Waals surface area contributed by atoms with Crippen LogP contribution in [0.15, 0.2) is 65.7 Å². The number of sulfone groups is 1. The Bertz CT molecular complexity index is 1570. The van der Waals surface area contributed by atoms with Crippen molar-refractivity contribution in [2.75, 3.05) is 19.3 Å². The normalized spacial score (nSPS) is 18.3. The van der Waals surface area contributed by atoms with E-state index in [4.69, 9.17) is 11.6 Å². The zero-order chi connectivity index (χ0) is 25.4. The minimum Gasteiger partial charge on any atom is -0.346 e. The third-order valence-corrected chi connectivity index (χ3v) is 9.12. The molecule has 2 atom stereocenters. The number of amides is 2. The number of fused-ring (bicyclic) bond motifs is 1. The second kappa shape index (κ2) is 9.64. The van der Waals surface area contributed by atoms with Gasteiger partial charge in [-0.3, -0.25) is 9.59 Å². The van der Waals surface area contributed by atoms with Crippen LogP contribution in [-0.2, 0) is 9.84 Å². The summed E-state index contributed by atoms with van der Waals surface area (Å²) in [6, 6.07) is 10.6. The lowest BCUT2D eigenvalue weighted by atomic mass is 9.85. The minimum atomic E-state index is -3.52. The smallest absolute Gasteiger partial charge is 0.263 e. The van der Waals surface area contributed by atoms with E-state index in [1.165, 1.54) is 6.20 Å². The van der Waals surface area contributed by atoms with Crippen LogP contribution in [-0.4, -0.2) is 64.9 Å². The average molecular weight is 544 g/mol. The molecule has 0 bridgehead atoms. The topological polar surface area (TPSA) is 114 Å². The fourth-order valence-electron chi connectivity index (χ4n) is 4.49. The number of nitrogens with one attached hydrogen (secondary N) is 1. The average Bonchev–Trinajstić information content (AvgIpc) is 3.53. The monoisotopic (exact) mass is 543 g/mol. The highest BCUT2D eigenvalue weighted by molar-refractivity contribution is 7.92. The molecule has 1 aliphatic heterocycles. The number of aromatic nitrogens is 3. The largest absolute Gasteiger partial charge is 0.346 e. The van der Waals surface area contributed by atoms with Gasteiger partial charge in [0.25, 0.3) is 11.8 Å². The van der Waals surface area contributed by atoms with Gasteiger partial charge in [0.1, 0.15) is 4.88 Å². The highest BCUT2D eigenvalue weighted by Gasteiger charge is 2.35. The Morgan fingerprint density at radius 3 is 2.78 bits per heavy atom. The molecule has 0 spiro atoms. The maximum atomic E-state index is 13.5. The predicted molar refractivity (Wildman–Crippen MR) is 136 cm³/mol. The van der Waals surface area contributed by atoms with Gasteiger partial charge in [0.2, 0.25) is 14.2 Å². The van der Waals surface area contributed by atoms with Crippen molar-refractivity contribution in [3.05, 3.63) is 82.3 Å². The van der Waals surface area contributed by atoms with Crippen LogP contribution in [0.1, 0.15) is 37.9 Å². The van der Waals surface area contributed by atoms with Gasteiger partial charge < -0.3 is 14.6 Å². The van der Waals surface area contributed by atoms with Gasteiger partial charge in [-0.1, -0.05) is 35.1 Å². The first kappa shape index (κ1) is 24.4. The summed E-state index contributed by atoms with van der Waals surface area (Å²) in [6.07, 6.45) is 8.03. The van der Waals surface area contributed by atoms with Crippen molar-refractivity contribution >= 4 is 50.1 Å². The summed E-state index contributed by atoms with van der Waals surface area (Å²) in [5, 5.41) is 3.61. The highest BCUT2D eigenvalue weighted by atomic mass is 35.5. The maximum absolute atomic E-state index is 13.5. The van der Waals surface area contributed by atoms with Crippen LogP contribution in [0.5, 0.6) is 0 Å². The van der Waals surface area contributed by atoms with Gasteiger partial charge in [-0.15, -0.1) is 0 Å². The zero-order valence-electron chi connectivity index (χ0n) is 19.2. The number of carbonyl (C=O) groups excluding carboxylic acids is 2. The summed E-state index contributed by atoms with van der Waals surface area (Å²) in [5.74, 6) is -0.682. The summed E-state index contributed by atoms with van der Waals surface area (Å²) in [4.78, 5) is 36.5. The summed E-state index contributed by atoms with van der Waals surface area (Å²) < 4.78 is 25.3. The number of piperidine rings is 1. The van der Waals surface area contributed by atoms with Crippen LogP contribution in [0.3, 0.4) is 0 Å². The fraction of sp³-hybridized carbons (Fsp3) is 0.250. The van der Waals surface area contributed by atoms with E-state index in [0.29, 0.717) is 29.1 Å². The van der Waals surface area contributed by atoms with E-state index in [2.05, 4.69) is 15.3 Å². The number of nitrogens with zero attached hydrogens (tertiary/aromatic N) is 4. The van der Waals surface area contributed by atoms with Gasteiger partial charge >= 0.3 is 0 Å². The Labute approximate surface area is 216 Å². The molecule has 12 heteroatoms. The summed E-state index contributed by atoms with van der Waals surface area (Å²) >= 11 is 7.06. The number of halogens is 1. The van der Waals surface area contributed by atoms with Crippen LogP contribution in [0, 0.1) is 0 Å². The van der Waals surface area contributed by atoms with Gasteiger partial charge in [-0.25, -0.2) is 18.4 Å². The number of benzene rings is 1. The quantitative estimate of drug-likeness (QED) is 0.413. The Morgan fingerprint density at radius 1 is 1.19 bits per heavy atom. The van der Waals surface area contributed by atoms with Crippen molar-refractivity contribution in [1.82, 2.24) is 24.6 Å². The van der Waals surface area contributed by atoms with E-state index >= 15 is 0 Å². The third kappa shape index (κ3) is 4.86. The molecule has 0 aliphatic carbocycles. The second-order valence-corrected chi connectivity index (χ2v) is 12.3. The molecule has 186 valence electrons. The molecule has 1 N–H and O–H groups in total. The first-order chi connectivity index (χ1) is 17.2. The lowest BCUT2D eigenvalue weighted by Crippen LogP contribution is -2.53. The first-order valence-electron chi connectivity index (χ1n) is 11.1. The molecule has 1 aromatic carbocycles. The number of likely N-dealkylation sites (tertiary alicyclic amines) is 1. The number of imidazole rings is 1. The van der Waals surface area contributed by atoms with Crippen molar-refractivity contribution in [2.24, 2.45) is 0 Å². The lowest BCUT2D eigenvalue weighted by molar-refractivity contribution is 0.0657. The number of rotatable bonds is 5. The molecule has 0 radical (unpaired) electrons. The van der Waals surface area contributed by atoms with E-state index in [0.717, 1.165) is 23.2 Å². The second-order valence-electron chi connectivity index (χ2n) is 8.65. The van der Waals surface area contributed by atoms with E-state index in [1.54, 1.807) is 40.0 Å². The fourth-order valence-corrected chi connectivity index (χ4v) is 6.36. The molecule has 2 amide bonds. The van der Waals surface area contributed by atoms with Crippen LogP contribution < -0.4 is 5.32 Å². The van der Waals surface area contributed by atoms with E-state index < -0.39 is 21.8 Å². The van der Waals surface area contributed by atoms with Crippen LogP contribution >= 0.6 is 22.9 Å². The predicted octanol–water partition coefficient (Wildman–Crippen LogP) is 3.28. The van der Waals surface area contributed by atoms with Crippen molar-refractivity contribution < 1.29 is 18.0 Å². The molecule has 36 heavy (non-hydrogen) atoms. The van der Waals surface area contributed by atoms with Crippen LogP contribution in [0.25, 0.3) is 5.52 Å². The Hall–Kier alpha value is -3.28. The van der Waals surface area contributed by atoms with Gasteiger partial charge in [0, 0.05) is 36.5 Å². The molecule has 5 rings (SSSR count). The highest BCUT2D eigenvalue weighted by Crippen LogP contribution is 2.31. The van der Waals surface area contributed by atoms with Crippen molar-refractivity contribution in [3.63, 3.8) is 0 Å². The molecule has 9 nitrogen and oxygen atoms in total. The van der Waals surface area contributed by atoms with E-state index in [9.17, 15) is 18.0 Å². The number of hydrogen-bond acceptors (Lipinski definition) is 7. The number of carbonyl (C=O) groups is 2. The maximum Gasteiger partial charge on any atom is 0.263 e.